The average molecular weight is 441 g/mol. The molecule has 0 saturated heterocycles. The van der Waals surface area contributed by atoms with Gasteiger partial charge in [-0.05, 0) is 57.2 Å². The largest absolute Gasteiger partial charge is 0.464 e. The highest BCUT2D eigenvalue weighted by molar-refractivity contribution is 7.92. The first-order valence-electron chi connectivity index (χ1n) is 10.1. The number of hydrogen-bond donors (Lipinski definition) is 0. The van der Waals surface area contributed by atoms with Crippen LogP contribution in [-0.2, 0) is 21.4 Å². The van der Waals surface area contributed by atoms with Gasteiger partial charge in [0.15, 0.2) is 0 Å². The van der Waals surface area contributed by atoms with Crippen molar-refractivity contribution < 1.29 is 17.6 Å². The van der Waals surface area contributed by atoms with Crippen molar-refractivity contribution in [2.24, 2.45) is 0 Å². The van der Waals surface area contributed by atoms with E-state index in [1.54, 1.807) is 48.3 Å². The molecule has 1 amide bonds. The smallest absolute Gasteiger partial charge is 0.264 e. The molecular weight excluding hydrogens is 412 g/mol. The molecule has 0 aliphatic carbocycles. The van der Waals surface area contributed by atoms with Crippen molar-refractivity contribution in [3.8, 4) is 0 Å². The van der Waals surface area contributed by atoms with Crippen molar-refractivity contribution in [3.63, 3.8) is 0 Å². The topological polar surface area (TPSA) is 70.8 Å². The summed E-state index contributed by atoms with van der Waals surface area (Å²) >= 11 is 0. The van der Waals surface area contributed by atoms with E-state index in [1.807, 2.05) is 45.0 Å². The Morgan fingerprint density at radius 1 is 0.871 bits per heavy atom. The minimum absolute atomic E-state index is 0.0413. The summed E-state index contributed by atoms with van der Waals surface area (Å²) in [5.74, 6) is 1.31. The fourth-order valence-corrected chi connectivity index (χ4v) is 4.68. The number of hydrogen-bond acceptors (Lipinski definition) is 4. The second-order valence-corrected chi connectivity index (χ2v) is 9.60. The Morgan fingerprint density at radius 2 is 1.45 bits per heavy atom. The van der Waals surface area contributed by atoms with Gasteiger partial charge in [-0.3, -0.25) is 9.10 Å². The summed E-state index contributed by atoms with van der Waals surface area (Å²) in [6, 6.07) is 17.7. The van der Waals surface area contributed by atoms with Gasteiger partial charge in [-0.2, -0.15) is 0 Å². The lowest BCUT2D eigenvalue weighted by Crippen LogP contribution is -2.36. The molecule has 6 nitrogen and oxygen atoms in total. The molecule has 164 valence electrons. The maximum Gasteiger partial charge on any atom is 0.264 e. The summed E-state index contributed by atoms with van der Waals surface area (Å²) < 4.78 is 33.6. The number of nitrogens with zero attached hydrogens (tertiary/aromatic N) is 2. The molecule has 0 unspecified atom stereocenters. The van der Waals surface area contributed by atoms with Crippen molar-refractivity contribution in [2.75, 3.05) is 17.9 Å². The molecule has 1 heterocycles. The second kappa shape index (κ2) is 9.39. The lowest BCUT2D eigenvalue weighted by atomic mass is 10.2. The number of carbonyl (C=O) groups is 1. The van der Waals surface area contributed by atoms with Gasteiger partial charge < -0.3 is 9.32 Å². The number of aryl methyl sites for hydroxylation is 3. The first-order valence-corrected chi connectivity index (χ1v) is 11.6. The van der Waals surface area contributed by atoms with Gasteiger partial charge in [0.2, 0.25) is 5.91 Å². The first kappa shape index (κ1) is 22.6. The normalized spacial score (nSPS) is 11.4. The zero-order valence-corrected chi connectivity index (χ0v) is 19.1. The Balaban J connectivity index is 1.80. The van der Waals surface area contributed by atoms with Gasteiger partial charge >= 0.3 is 0 Å². The molecular formula is C24H28N2O4S. The van der Waals surface area contributed by atoms with Gasteiger partial charge in [0.1, 0.15) is 11.5 Å². The number of anilines is 1. The van der Waals surface area contributed by atoms with Crippen LogP contribution in [0, 0.1) is 20.8 Å². The van der Waals surface area contributed by atoms with E-state index in [2.05, 4.69) is 0 Å². The molecule has 0 bridgehead atoms. The second-order valence-electron chi connectivity index (χ2n) is 7.74. The molecule has 0 aliphatic rings. The third-order valence-corrected chi connectivity index (χ3v) is 6.92. The van der Waals surface area contributed by atoms with Crippen molar-refractivity contribution >= 4 is 21.6 Å². The van der Waals surface area contributed by atoms with Crippen LogP contribution in [0.3, 0.4) is 0 Å². The van der Waals surface area contributed by atoms with E-state index in [0.717, 1.165) is 16.9 Å². The fraction of sp³-hybridized carbons (Fsp3) is 0.292. The van der Waals surface area contributed by atoms with Crippen molar-refractivity contribution in [1.29, 1.82) is 0 Å². The summed E-state index contributed by atoms with van der Waals surface area (Å²) in [6.45, 7) is 6.07. The van der Waals surface area contributed by atoms with Crippen LogP contribution in [0.2, 0.25) is 0 Å². The highest BCUT2D eigenvalue weighted by atomic mass is 32.2. The van der Waals surface area contributed by atoms with Crippen LogP contribution in [0.5, 0.6) is 0 Å². The van der Waals surface area contributed by atoms with Crippen LogP contribution < -0.4 is 4.31 Å². The maximum absolute atomic E-state index is 13.4. The molecule has 0 fully saturated rings. The monoisotopic (exact) mass is 440 g/mol. The Morgan fingerprint density at radius 3 is 2.00 bits per heavy atom. The molecule has 31 heavy (non-hydrogen) atoms. The van der Waals surface area contributed by atoms with Gasteiger partial charge in [-0.15, -0.1) is 0 Å². The highest BCUT2D eigenvalue weighted by Gasteiger charge is 2.26. The molecule has 2 aromatic carbocycles. The third kappa shape index (κ3) is 5.55. The highest BCUT2D eigenvalue weighted by Crippen LogP contribution is 2.25. The summed E-state index contributed by atoms with van der Waals surface area (Å²) in [5, 5.41) is 0. The van der Waals surface area contributed by atoms with E-state index < -0.39 is 10.0 Å². The predicted molar refractivity (Wildman–Crippen MR) is 121 cm³/mol. The van der Waals surface area contributed by atoms with E-state index in [1.165, 1.54) is 4.31 Å². The number of furan rings is 1. The molecule has 0 N–H and O–H groups in total. The molecule has 1 aromatic heterocycles. The molecule has 0 saturated carbocycles. The van der Waals surface area contributed by atoms with Gasteiger partial charge in [-0.1, -0.05) is 35.4 Å². The first-order chi connectivity index (χ1) is 14.7. The number of amides is 1. The van der Waals surface area contributed by atoms with E-state index in [9.17, 15) is 13.2 Å². The quantitative estimate of drug-likeness (QED) is 0.519. The van der Waals surface area contributed by atoms with Crippen LogP contribution in [0.4, 0.5) is 5.69 Å². The summed E-state index contributed by atoms with van der Waals surface area (Å²) in [4.78, 5) is 14.5. The van der Waals surface area contributed by atoms with Crippen LogP contribution in [0.1, 0.15) is 29.1 Å². The molecule has 7 heteroatoms. The summed E-state index contributed by atoms with van der Waals surface area (Å²) in [5.41, 5.74) is 2.54. The van der Waals surface area contributed by atoms with E-state index >= 15 is 0 Å². The molecule has 0 spiro atoms. The molecule has 3 rings (SSSR count). The number of sulfonamides is 1. The maximum atomic E-state index is 13.4. The van der Waals surface area contributed by atoms with E-state index in [0.29, 0.717) is 18.0 Å². The number of carbonyl (C=O) groups excluding carboxylic acids is 1. The summed E-state index contributed by atoms with van der Waals surface area (Å²) in [6.07, 6.45) is 0.0508. The Labute approximate surface area is 184 Å². The average Bonchev–Trinajstić information content (AvgIpc) is 3.14. The van der Waals surface area contributed by atoms with Gasteiger partial charge in [0.25, 0.3) is 10.0 Å². The van der Waals surface area contributed by atoms with Crippen LogP contribution in [0.25, 0.3) is 0 Å². The molecule has 0 radical (unpaired) electrons. The van der Waals surface area contributed by atoms with Gasteiger partial charge in [-0.25, -0.2) is 8.42 Å². The lowest BCUT2D eigenvalue weighted by molar-refractivity contribution is -0.130. The third-order valence-electron chi connectivity index (χ3n) is 5.07. The van der Waals surface area contributed by atoms with Crippen molar-refractivity contribution in [2.45, 2.75) is 38.6 Å². The standard InChI is InChI=1S/C24H28N2O4S/c1-18-5-10-21(11-6-18)26(31(28,29)23-13-7-19(2)8-14-23)16-15-24(27)25(4)17-22-12-9-20(3)30-22/h5-14H,15-17H2,1-4H3. The SMILES string of the molecule is Cc1ccc(N(CCC(=O)N(C)Cc2ccc(C)o2)S(=O)(=O)c2ccc(C)cc2)cc1. The number of rotatable bonds is 8. The zero-order chi connectivity index (χ0) is 22.6. The Kier molecular flexibility index (Phi) is 6.85. The summed E-state index contributed by atoms with van der Waals surface area (Å²) in [7, 11) is -2.13. The Bertz CT molecular complexity index is 1130. The van der Waals surface area contributed by atoms with Crippen molar-refractivity contribution in [3.05, 3.63) is 83.3 Å². The minimum Gasteiger partial charge on any atom is -0.464 e. The van der Waals surface area contributed by atoms with E-state index in [4.69, 9.17) is 4.42 Å². The Hall–Kier alpha value is -3.06. The lowest BCUT2D eigenvalue weighted by Gasteiger charge is -2.25. The zero-order valence-electron chi connectivity index (χ0n) is 18.3. The molecule has 3 aromatic rings. The van der Waals surface area contributed by atoms with Gasteiger partial charge in [0.05, 0.1) is 17.1 Å². The molecule has 0 atom stereocenters. The predicted octanol–water partition coefficient (Wildman–Crippen LogP) is 4.45. The van der Waals surface area contributed by atoms with Crippen LogP contribution in [-0.4, -0.2) is 32.8 Å². The van der Waals surface area contributed by atoms with E-state index in [-0.39, 0.29) is 23.8 Å². The van der Waals surface area contributed by atoms with Crippen LogP contribution >= 0.6 is 0 Å². The fourth-order valence-electron chi connectivity index (χ4n) is 3.22. The minimum atomic E-state index is -3.82. The van der Waals surface area contributed by atoms with Crippen LogP contribution in [0.15, 0.2) is 70.0 Å². The number of benzene rings is 2. The van der Waals surface area contributed by atoms with Gasteiger partial charge in [0, 0.05) is 20.0 Å². The van der Waals surface area contributed by atoms with Crippen molar-refractivity contribution in [1.82, 2.24) is 4.90 Å². The molecule has 0 aliphatic heterocycles.